The Bertz CT molecular complexity index is 1170. The molecule has 0 aliphatic carbocycles. The zero-order valence-electron chi connectivity index (χ0n) is 18.8. The molecule has 176 valence electrons. The van der Waals surface area contributed by atoms with Crippen molar-refractivity contribution in [2.75, 3.05) is 38.3 Å². The van der Waals surface area contributed by atoms with E-state index in [1.807, 2.05) is 30.3 Å². The van der Waals surface area contributed by atoms with Gasteiger partial charge in [-0.25, -0.2) is 8.78 Å². The molecule has 1 aliphatic rings. The predicted molar refractivity (Wildman–Crippen MR) is 127 cm³/mol. The third kappa shape index (κ3) is 5.80. The van der Waals surface area contributed by atoms with Gasteiger partial charge in [0.25, 0.3) is 0 Å². The lowest BCUT2D eigenvalue weighted by molar-refractivity contribution is 0.104. The first-order valence-corrected chi connectivity index (χ1v) is 10.9. The summed E-state index contributed by atoms with van der Waals surface area (Å²) < 4.78 is 43.2. The molecule has 1 fully saturated rings. The topological polar surface area (TPSA) is 48.0 Å². The summed E-state index contributed by atoms with van der Waals surface area (Å²) in [4.78, 5) is 14.9. The standard InChI is InChI=1S/C27H25F2NO4/c1-32-26-10-3-19(16-21(26)18-34-27-11-6-22(28)17-24(27)29)2-9-25(31)20-4-7-23(8-5-20)30-12-14-33-15-13-30/h2-11,16-17H,12-15,18H2,1H3/b9-2+. The maximum absolute atomic E-state index is 13.9. The summed E-state index contributed by atoms with van der Waals surface area (Å²) in [6.07, 6.45) is 3.22. The summed E-state index contributed by atoms with van der Waals surface area (Å²) in [6.45, 7) is 3.10. The van der Waals surface area contributed by atoms with Crippen LogP contribution in [-0.2, 0) is 11.3 Å². The molecule has 1 saturated heterocycles. The van der Waals surface area contributed by atoms with E-state index < -0.39 is 11.6 Å². The number of benzene rings is 3. The van der Waals surface area contributed by atoms with Crippen LogP contribution in [0.3, 0.4) is 0 Å². The first-order valence-electron chi connectivity index (χ1n) is 10.9. The van der Waals surface area contributed by atoms with Gasteiger partial charge in [0.15, 0.2) is 17.3 Å². The second-order valence-corrected chi connectivity index (χ2v) is 7.78. The fourth-order valence-corrected chi connectivity index (χ4v) is 3.69. The molecule has 4 rings (SSSR count). The number of carbonyl (C=O) groups excluding carboxylic acids is 1. The molecule has 0 N–H and O–H groups in total. The van der Waals surface area contributed by atoms with Crippen LogP contribution in [0.4, 0.5) is 14.5 Å². The van der Waals surface area contributed by atoms with E-state index in [0.29, 0.717) is 30.1 Å². The number of halogens is 2. The van der Waals surface area contributed by atoms with E-state index in [-0.39, 0.29) is 18.1 Å². The Morgan fingerprint density at radius 1 is 1.00 bits per heavy atom. The van der Waals surface area contributed by atoms with Crippen molar-refractivity contribution in [2.24, 2.45) is 0 Å². The Kier molecular flexibility index (Phi) is 7.54. The molecule has 7 heteroatoms. The van der Waals surface area contributed by atoms with Crippen LogP contribution in [0.2, 0.25) is 0 Å². The Balaban J connectivity index is 1.43. The molecule has 0 aromatic heterocycles. The van der Waals surface area contributed by atoms with E-state index in [9.17, 15) is 13.6 Å². The van der Waals surface area contributed by atoms with Crippen molar-refractivity contribution in [2.45, 2.75) is 6.61 Å². The molecule has 0 atom stereocenters. The lowest BCUT2D eigenvalue weighted by Gasteiger charge is -2.28. The summed E-state index contributed by atoms with van der Waals surface area (Å²) in [6, 6.07) is 16.0. The van der Waals surface area contributed by atoms with E-state index in [1.54, 1.807) is 18.2 Å². The third-order valence-electron chi connectivity index (χ3n) is 5.54. The van der Waals surface area contributed by atoms with Crippen LogP contribution in [0, 0.1) is 11.6 Å². The Morgan fingerprint density at radius 3 is 2.44 bits per heavy atom. The average molecular weight is 465 g/mol. The predicted octanol–water partition coefficient (Wildman–Crippen LogP) is 5.29. The number of morpholine rings is 1. The van der Waals surface area contributed by atoms with Crippen molar-refractivity contribution in [3.63, 3.8) is 0 Å². The number of hydrogen-bond donors (Lipinski definition) is 0. The van der Waals surface area contributed by atoms with Gasteiger partial charge in [-0.3, -0.25) is 4.79 Å². The molecule has 0 saturated carbocycles. The molecule has 34 heavy (non-hydrogen) atoms. The van der Waals surface area contributed by atoms with Crippen LogP contribution >= 0.6 is 0 Å². The van der Waals surface area contributed by atoms with Crippen LogP contribution in [0.5, 0.6) is 11.5 Å². The fraction of sp³-hybridized carbons (Fsp3) is 0.222. The van der Waals surface area contributed by atoms with Gasteiger partial charge >= 0.3 is 0 Å². The van der Waals surface area contributed by atoms with Gasteiger partial charge in [-0.1, -0.05) is 12.1 Å². The Hall–Kier alpha value is -3.71. The fourth-order valence-electron chi connectivity index (χ4n) is 3.69. The van der Waals surface area contributed by atoms with Gasteiger partial charge in [0.05, 0.1) is 20.3 Å². The summed E-state index contributed by atoms with van der Waals surface area (Å²) in [7, 11) is 1.52. The molecule has 3 aromatic rings. The second kappa shape index (κ2) is 10.9. The monoisotopic (exact) mass is 465 g/mol. The molecule has 3 aromatic carbocycles. The highest BCUT2D eigenvalue weighted by Crippen LogP contribution is 2.25. The maximum Gasteiger partial charge on any atom is 0.185 e. The average Bonchev–Trinajstić information content (AvgIpc) is 2.87. The third-order valence-corrected chi connectivity index (χ3v) is 5.54. The van der Waals surface area contributed by atoms with Crippen LogP contribution in [0.1, 0.15) is 21.5 Å². The lowest BCUT2D eigenvalue weighted by Crippen LogP contribution is -2.36. The normalized spacial score (nSPS) is 13.8. The van der Waals surface area contributed by atoms with Crippen molar-refractivity contribution in [3.05, 3.63) is 95.1 Å². The second-order valence-electron chi connectivity index (χ2n) is 7.78. The molecule has 0 radical (unpaired) electrons. The van der Waals surface area contributed by atoms with Crippen LogP contribution in [0.25, 0.3) is 6.08 Å². The smallest absolute Gasteiger partial charge is 0.185 e. The van der Waals surface area contributed by atoms with E-state index in [0.717, 1.165) is 36.5 Å². The van der Waals surface area contributed by atoms with E-state index in [2.05, 4.69) is 4.90 Å². The van der Waals surface area contributed by atoms with Crippen LogP contribution < -0.4 is 14.4 Å². The van der Waals surface area contributed by atoms with Crippen molar-refractivity contribution < 1.29 is 27.8 Å². The number of methoxy groups -OCH3 is 1. The number of rotatable bonds is 8. The van der Waals surface area contributed by atoms with Gasteiger partial charge in [-0.2, -0.15) is 0 Å². The summed E-state index contributed by atoms with van der Waals surface area (Å²) in [5, 5.41) is 0. The molecule has 0 unspecified atom stereocenters. The minimum absolute atomic E-state index is 0.0182. The number of nitrogens with zero attached hydrogens (tertiary/aromatic N) is 1. The largest absolute Gasteiger partial charge is 0.496 e. The van der Waals surface area contributed by atoms with Crippen LogP contribution in [-0.4, -0.2) is 39.2 Å². The number of carbonyl (C=O) groups is 1. The van der Waals surface area contributed by atoms with E-state index in [1.165, 1.54) is 19.3 Å². The Labute approximate surface area is 197 Å². The minimum atomic E-state index is -0.778. The summed E-state index contributed by atoms with van der Waals surface area (Å²) in [5.41, 5.74) is 3.09. The molecule has 1 heterocycles. The van der Waals surface area contributed by atoms with Crippen molar-refractivity contribution in [1.82, 2.24) is 0 Å². The van der Waals surface area contributed by atoms with Gasteiger partial charge in [0, 0.05) is 36.0 Å². The number of anilines is 1. The number of hydrogen-bond acceptors (Lipinski definition) is 5. The van der Waals surface area contributed by atoms with Crippen LogP contribution in [0.15, 0.2) is 66.7 Å². The highest BCUT2D eigenvalue weighted by Gasteiger charge is 2.12. The van der Waals surface area contributed by atoms with Crippen molar-refractivity contribution in [1.29, 1.82) is 0 Å². The first kappa shape index (κ1) is 23.4. The molecular formula is C27H25F2NO4. The summed E-state index contributed by atoms with van der Waals surface area (Å²) in [5.74, 6) is -1.06. The first-order chi connectivity index (χ1) is 16.5. The SMILES string of the molecule is COc1ccc(/C=C/C(=O)c2ccc(N3CCOCC3)cc2)cc1COc1ccc(F)cc1F. The van der Waals surface area contributed by atoms with E-state index >= 15 is 0 Å². The van der Waals surface area contributed by atoms with Gasteiger partial charge < -0.3 is 19.1 Å². The van der Waals surface area contributed by atoms with Gasteiger partial charge in [-0.15, -0.1) is 0 Å². The zero-order valence-corrected chi connectivity index (χ0v) is 18.8. The van der Waals surface area contributed by atoms with Crippen molar-refractivity contribution >= 4 is 17.5 Å². The molecule has 0 spiro atoms. The maximum atomic E-state index is 13.9. The molecule has 0 amide bonds. The molecule has 5 nitrogen and oxygen atoms in total. The lowest BCUT2D eigenvalue weighted by atomic mass is 10.1. The number of ether oxygens (including phenoxy) is 3. The highest BCUT2D eigenvalue weighted by molar-refractivity contribution is 6.07. The zero-order chi connectivity index (χ0) is 23.9. The highest BCUT2D eigenvalue weighted by atomic mass is 19.1. The van der Waals surface area contributed by atoms with Gasteiger partial charge in [0.2, 0.25) is 0 Å². The molecular weight excluding hydrogens is 440 g/mol. The van der Waals surface area contributed by atoms with Gasteiger partial charge in [-0.05, 0) is 60.2 Å². The van der Waals surface area contributed by atoms with Gasteiger partial charge in [0.1, 0.15) is 18.2 Å². The van der Waals surface area contributed by atoms with E-state index in [4.69, 9.17) is 14.2 Å². The Morgan fingerprint density at radius 2 is 1.74 bits per heavy atom. The molecule has 1 aliphatic heterocycles. The van der Waals surface area contributed by atoms with Crippen molar-refractivity contribution in [3.8, 4) is 11.5 Å². The summed E-state index contributed by atoms with van der Waals surface area (Å²) >= 11 is 0. The quantitative estimate of drug-likeness (QED) is 0.334. The number of ketones is 1. The molecule has 0 bridgehead atoms. The minimum Gasteiger partial charge on any atom is -0.496 e. The number of allylic oxidation sites excluding steroid dienone is 1.